The molecule has 2 N–H and O–H groups in total. The predicted octanol–water partition coefficient (Wildman–Crippen LogP) is 1.06. The van der Waals surface area contributed by atoms with Gasteiger partial charge in [0.15, 0.2) is 5.69 Å². The van der Waals surface area contributed by atoms with Gasteiger partial charge in [-0.15, -0.1) is 0 Å². The average Bonchev–Trinajstić information content (AvgIpc) is 3.09. The van der Waals surface area contributed by atoms with Gasteiger partial charge >= 0.3 is 0 Å². The van der Waals surface area contributed by atoms with Gasteiger partial charge in [0.1, 0.15) is 0 Å². The molecule has 1 aromatic rings. The molecule has 6 nitrogen and oxygen atoms in total. The van der Waals surface area contributed by atoms with Crippen LogP contribution >= 0.6 is 0 Å². The minimum Gasteiger partial charge on any atom is -0.391 e. The lowest BCUT2D eigenvalue weighted by molar-refractivity contribution is 0.0135. The van der Waals surface area contributed by atoms with Gasteiger partial charge in [0, 0.05) is 44.0 Å². The number of hydrogen-bond acceptors (Lipinski definition) is 4. The highest BCUT2D eigenvalue weighted by Crippen LogP contribution is 2.24. The summed E-state index contributed by atoms with van der Waals surface area (Å²) in [6, 6.07) is 0. The summed E-state index contributed by atoms with van der Waals surface area (Å²) >= 11 is 0. The molecule has 1 fully saturated rings. The van der Waals surface area contributed by atoms with E-state index in [4.69, 9.17) is 0 Å². The zero-order chi connectivity index (χ0) is 16.6. The number of aromatic nitrogens is 2. The third-order valence-electron chi connectivity index (χ3n) is 5.10. The maximum atomic E-state index is 12.7. The van der Waals surface area contributed by atoms with E-state index in [1.165, 1.54) is 0 Å². The monoisotopic (exact) mass is 320 g/mol. The van der Waals surface area contributed by atoms with Crippen LogP contribution in [0.2, 0.25) is 0 Å². The van der Waals surface area contributed by atoms with Crippen LogP contribution in [0.3, 0.4) is 0 Å². The summed E-state index contributed by atoms with van der Waals surface area (Å²) in [6.07, 6.45) is 2.74. The number of aromatic amines is 1. The number of aryl methyl sites for hydroxylation is 1. The molecule has 0 radical (unpaired) electrons. The van der Waals surface area contributed by atoms with Crippen molar-refractivity contribution in [3.05, 3.63) is 17.0 Å². The molecule has 1 amide bonds. The van der Waals surface area contributed by atoms with Crippen molar-refractivity contribution in [2.24, 2.45) is 5.41 Å². The van der Waals surface area contributed by atoms with Gasteiger partial charge in [-0.1, -0.05) is 20.8 Å². The number of aliphatic hydroxyl groups is 1. The second-order valence-electron chi connectivity index (χ2n) is 7.86. The highest BCUT2D eigenvalue weighted by molar-refractivity contribution is 5.94. The van der Waals surface area contributed by atoms with Gasteiger partial charge in [-0.2, -0.15) is 5.10 Å². The summed E-state index contributed by atoms with van der Waals surface area (Å²) in [7, 11) is 0. The van der Waals surface area contributed by atoms with E-state index in [2.05, 4.69) is 35.9 Å². The number of nitrogens with zero attached hydrogens (tertiary/aromatic N) is 3. The first-order valence-corrected chi connectivity index (χ1v) is 8.62. The Kier molecular flexibility index (Phi) is 4.47. The second kappa shape index (κ2) is 6.24. The fourth-order valence-corrected chi connectivity index (χ4v) is 3.30. The molecular formula is C17H28N4O2. The highest BCUT2D eigenvalue weighted by Gasteiger charge is 2.30. The smallest absolute Gasteiger partial charge is 0.274 e. The Labute approximate surface area is 137 Å². The van der Waals surface area contributed by atoms with Crippen molar-refractivity contribution in [3.8, 4) is 0 Å². The number of rotatable bonds is 3. The number of hydrogen-bond donors (Lipinski definition) is 2. The average molecular weight is 320 g/mol. The van der Waals surface area contributed by atoms with Gasteiger partial charge in [-0.25, -0.2) is 0 Å². The van der Waals surface area contributed by atoms with E-state index in [1.54, 1.807) is 0 Å². The summed E-state index contributed by atoms with van der Waals surface area (Å²) < 4.78 is 0. The van der Waals surface area contributed by atoms with E-state index in [0.29, 0.717) is 25.3 Å². The molecule has 0 spiro atoms. The zero-order valence-electron chi connectivity index (χ0n) is 14.4. The molecule has 0 aromatic carbocycles. The van der Waals surface area contributed by atoms with E-state index in [9.17, 15) is 9.90 Å². The summed E-state index contributed by atoms with van der Waals surface area (Å²) in [5.74, 6) is 0.0559. The van der Waals surface area contributed by atoms with Crippen LogP contribution in [0.15, 0.2) is 0 Å². The maximum Gasteiger partial charge on any atom is 0.274 e. The summed E-state index contributed by atoms with van der Waals surface area (Å²) in [6.45, 7) is 9.86. The van der Waals surface area contributed by atoms with Crippen LogP contribution < -0.4 is 0 Å². The number of nitrogens with one attached hydrogen (secondary N) is 1. The maximum absolute atomic E-state index is 12.7. The Bertz CT molecular complexity index is 568. The van der Waals surface area contributed by atoms with E-state index >= 15 is 0 Å². The van der Waals surface area contributed by atoms with Crippen molar-refractivity contribution < 1.29 is 9.90 Å². The molecule has 0 bridgehead atoms. The molecule has 2 aliphatic rings. The standard InChI is InChI=1S/C17H28N4O2/c1-17(2,3)14(22)11-20-7-9-21(10-8-20)16(23)15-12-5-4-6-13(12)18-19-15/h14,22H,4-11H2,1-3H3,(H,18,19)/t14-/m1/s1. The lowest BCUT2D eigenvalue weighted by Crippen LogP contribution is -2.51. The van der Waals surface area contributed by atoms with Crippen LogP contribution in [-0.4, -0.2) is 69.8 Å². The normalized spacial score (nSPS) is 20.6. The number of H-pyrrole nitrogens is 1. The molecule has 1 saturated heterocycles. The van der Waals surface area contributed by atoms with Gasteiger partial charge in [0.2, 0.25) is 0 Å². The van der Waals surface area contributed by atoms with Crippen molar-refractivity contribution in [2.75, 3.05) is 32.7 Å². The number of amides is 1. The van der Waals surface area contributed by atoms with E-state index in [1.807, 2.05) is 4.90 Å². The Morgan fingerprint density at radius 2 is 1.96 bits per heavy atom. The first-order valence-electron chi connectivity index (χ1n) is 8.62. The molecule has 1 aliphatic carbocycles. The number of carbonyl (C=O) groups is 1. The van der Waals surface area contributed by atoms with E-state index < -0.39 is 0 Å². The fourth-order valence-electron chi connectivity index (χ4n) is 3.30. The summed E-state index contributed by atoms with van der Waals surface area (Å²) in [5.41, 5.74) is 2.78. The predicted molar refractivity (Wildman–Crippen MR) is 88.4 cm³/mol. The van der Waals surface area contributed by atoms with Crippen LogP contribution in [0.1, 0.15) is 48.9 Å². The lowest BCUT2D eigenvalue weighted by Gasteiger charge is -2.37. The van der Waals surface area contributed by atoms with Crippen molar-refractivity contribution >= 4 is 5.91 Å². The van der Waals surface area contributed by atoms with Crippen molar-refractivity contribution in [3.63, 3.8) is 0 Å². The largest absolute Gasteiger partial charge is 0.391 e. The SMILES string of the molecule is CC(C)(C)[C@H](O)CN1CCN(C(=O)c2n[nH]c3c2CCC3)CC1. The topological polar surface area (TPSA) is 72.5 Å². The molecule has 128 valence electrons. The molecule has 1 aliphatic heterocycles. The molecule has 1 atom stereocenters. The van der Waals surface area contributed by atoms with Crippen LogP contribution in [0.5, 0.6) is 0 Å². The third-order valence-corrected chi connectivity index (χ3v) is 5.10. The first-order chi connectivity index (χ1) is 10.9. The fraction of sp³-hybridized carbons (Fsp3) is 0.765. The van der Waals surface area contributed by atoms with E-state index in [0.717, 1.165) is 43.6 Å². The van der Waals surface area contributed by atoms with Gasteiger partial charge in [0.25, 0.3) is 5.91 Å². The van der Waals surface area contributed by atoms with Crippen LogP contribution in [0.25, 0.3) is 0 Å². The van der Waals surface area contributed by atoms with Crippen molar-refractivity contribution in [1.29, 1.82) is 0 Å². The lowest BCUT2D eigenvalue weighted by atomic mass is 9.89. The number of carbonyl (C=O) groups excluding carboxylic acids is 1. The molecule has 23 heavy (non-hydrogen) atoms. The molecule has 3 rings (SSSR count). The Morgan fingerprint density at radius 3 is 2.61 bits per heavy atom. The number of β-amino-alcohol motifs (C(OH)–C–C–N with tert-alkyl or cyclic N) is 1. The van der Waals surface area contributed by atoms with Gasteiger partial charge < -0.3 is 10.0 Å². The van der Waals surface area contributed by atoms with Gasteiger partial charge in [0.05, 0.1) is 6.10 Å². The van der Waals surface area contributed by atoms with Gasteiger partial charge in [-0.05, 0) is 24.7 Å². The summed E-state index contributed by atoms with van der Waals surface area (Å²) in [4.78, 5) is 16.8. The van der Waals surface area contributed by atoms with Crippen LogP contribution in [-0.2, 0) is 12.8 Å². The van der Waals surface area contributed by atoms with Crippen molar-refractivity contribution in [2.45, 2.75) is 46.1 Å². The van der Waals surface area contributed by atoms with E-state index in [-0.39, 0.29) is 17.4 Å². The minimum absolute atomic E-state index is 0.0559. The number of fused-ring (bicyclic) bond motifs is 1. The minimum atomic E-state index is -0.348. The number of piperazine rings is 1. The molecule has 2 heterocycles. The van der Waals surface area contributed by atoms with Crippen molar-refractivity contribution in [1.82, 2.24) is 20.0 Å². The molecule has 1 aromatic heterocycles. The number of aliphatic hydroxyl groups excluding tert-OH is 1. The summed E-state index contributed by atoms with van der Waals surface area (Å²) in [5, 5.41) is 17.5. The zero-order valence-corrected chi connectivity index (χ0v) is 14.4. The molecule has 0 unspecified atom stereocenters. The van der Waals surface area contributed by atoms with Crippen LogP contribution in [0, 0.1) is 5.41 Å². The highest BCUT2D eigenvalue weighted by atomic mass is 16.3. The Balaban J connectivity index is 1.55. The quantitative estimate of drug-likeness (QED) is 0.874. The van der Waals surface area contributed by atoms with Gasteiger partial charge in [-0.3, -0.25) is 14.8 Å². The second-order valence-corrected chi connectivity index (χ2v) is 7.86. The molecule has 0 saturated carbocycles. The Hall–Kier alpha value is -1.40. The molecular weight excluding hydrogens is 292 g/mol. The van der Waals surface area contributed by atoms with Crippen LogP contribution in [0.4, 0.5) is 0 Å². The molecule has 6 heteroatoms. The third kappa shape index (κ3) is 3.43. The first kappa shape index (κ1) is 16.5. The Morgan fingerprint density at radius 1 is 1.26 bits per heavy atom.